The van der Waals surface area contributed by atoms with Gasteiger partial charge in [-0.1, -0.05) is 6.92 Å². The second-order valence-corrected chi connectivity index (χ2v) is 4.53. The van der Waals surface area contributed by atoms with E-state index < -0.39 is 5.60 Å². The summed E-state index contributed by atoms with van der Waals surface area (Å²) in [5.41, 5.74) is -0.453. The Morgan fingerprint density at radius 1 is 1.38 bits per heavy atom. The van der Waals surface area contributed by atoms with Gasteiger partial charge < -0.3 is 4.74 Å². The minimum atomic E-state index is -0.453. The van der Waals surface area contributed by atoms with Crippen LogP contribution in [0.25, 0.3) is 0 Å². The number of rotatable bonds is 2. The van der Waals surface area contributed by atoms with Crippen molar-refractivity contribution in [2.24, 2.45) is 0 Å². The fourth-order valence-corrected chi connectivity index (χ4v) is 2.65. The molecule has 0 aromatic heterocycles. The van der Waals surface area contributed by atoms with E-state index in [2.05, 4.69) is 31.9 Å². The summed E-state index contributed by atoms with van der Waals surface area (Å²) in [5, 5.41) is 0. The zero-order valence-corrected chi connectivity index (χ0v) is 10.6. The van der Waals surface area contributed by atoms with Crippen LogP contribution in [-0.2, 0) is 9.53 Å². The lowest BCUT2D eigenvalue weighted by Gasteiger charge is -2.27. The van der Waals surface area contributed by atoms with Crippen molar-refractivity contribution in [3.63, 3.8) is 0 Å². The van der Waals surface area contributed by atoms with Gasteiger partial charge in [0.25, 0.3) is 0 Å². The number of methoxy groups -OCH3 is 1. The van der Waals surface area contributed by atoms with Crippen molar-refractivity contribution < 1.29 is 9.53 Å². The molecule has 0 aromatic rings. The molecule has 72 valence electrons. The molecule has 4 heteroatoms. The minimum Gasteiger partial charge on any atom is -0.370 e. The molecule has 0 aromatic carbocycles. The molecule has 0 fully saturated rings. The summed E-state index contributed by atoms with van der Waals surface area (Å²) in [4.78, 5) is 11.4. The van der Waals surface area contributed by atoms with E-state index in [-0.39, 0.29) is 5.78 Å². The number of Topliss-reactive ketones (excluding diaryl/α,β-unsaturated/α-hetero) is 1. The number of hydrogen-bond donors (Lipinski definition) is 0. The van der Waals surface area contributed by atoms with Gasteiger partial charge in [0.15, 0.2) is 0 Å². The van der Waals surface area contributed by atoms with Gasteiger partial charge in [0.1, 0.15) is 5.60 Å². The van der Waals surface area contributed by atoms with Crippen LogP contribution in [0.1, 0.15) is 13.3 Å². The third kappa shape index (κ3) is 2.11. The fourth-order valence-electron chi connectivity index (χ4n) is 1.18. The van der Waals surface area contributed by atoms with Crippen molar-refractivity contribution in [3.8, 4) is 0 Å². The normalized spacial score (nSPS) is 21.1. The number of allylic oxidation sites excluding steroid dienone is 2. The smallest absolute Gasteiger partial charge is 0.206 e. The van der Waals surface area contributed by atoms with Crippen LogP contribution < -0.4 is 0 Å². The highest BCUT2D eigenvalue weighted by Gasteiger charge is 2.30. The lowest BCUT2D eigenvalue weighted by Crippen LogP contribution is -2.29. The van der Waals surface area contributed by atoms with Crippen LogP contribution in [0.15, 0.2) is 21.1 Å². The molecule has 0 aliphatic heterocycles. The number of halogens is 2. The standard InChI is InChI=1S/C9H10Br2O2/c1-3-9(13-2)4-6(10)8(12)7(11)5-9/h4-5H,3H2,1-2H3. The third-order valence-electron chi connectivity index (χ3n) is 2.11. The number of carbonyl (C=O) groups is 1. The van der Waals surface area contributed by atoms with Gasteiger partial charge in [0.05, 0.1) is 8.96 Å². The van der Waals surface area contributed by atoms with Gasteiger partial charge in [0.2, 0.25) is 5.78 Å². The van der Waals surface area contributed by atoms with E-state index in [1.54, 1.807) is 19.3 Å². The van der Waals surface area contributed by atoms with E-state index >= 15 is 0 Å². The molecule has 0 atom stereocenters. The Morgan fingerprint density at radius 3 is 2.15 bits per heavy atom. The number of ketones is 1. The van der Waals surface area contributed by atoms with Crippen molar-refractivity contribution in [1.29, 1.82) is 0 Å². The maximum Gasteiger partial charge on any atom is 0.206 e. The first kappa shape index (κ1) is 11.1. The molecule has 0 amide bonds. The predicted molar refractivity (Wildman–Crippen MR) is 59.1 cm³/mol. The Kier molecular flexibility index (Phi) is 3.49. The second kappa shape index (κ2) is 4.07. The maximum absolute atomic E-state index is 11.4. The van der Waals surface area contributed by atoms with E-state index in [1.807, 2.05) is 6.92 Å². The van der Waals surface area contributed by atoms with Gasteiger partial charge in [0, 0.05) is 7.11 Å². The lowest BCUT2D eigenvalue weighted by molar-refractivity contribution is -0.111. The molecule has 0 heterocycles. The summed E-state index contributed by atoms with van der Waals surface area (Å²) >= 11 is 6.42. The first-order valence-corrected chi connectivity index (χ1v) is 5.50. The van der Waals surface area contributed by atoms with Crippen LogP contribution >= 0.6 is 31.9 Å². The summed E-state index contributed by atoms with van der Waals surface area (Å²) in [6.07, 6.45) is 4.38. The highest BCUT2D eigenvalue weighted by Crippen LogP contribution is 2.33. The molecule has 0 spiro atoms. The van der Waals surface area contributed by atoms with Crippen LogP contribution in [-0.4, -0.2) is 18.5 Å². The zero-order chi connectivity index (χ0) is 10.1. The van der Waals surface area contributed by atoms with Crippen molar-refractivity contribution in [2.75, 3.05) is 7.11 Å². The first-order valence-electron chi connectivity index (χ1n) is 3.91. The second-order valence-electron chi connectivity index (χ2n) is 2.83. The van der Waals surface area contributed by atoms with Gasteiger partial charge in [-0.05, 0) is 50.4 Å². The maximum atomic E-state index is 11.4. The van der Waals surface area contributed by atoms with Crippen molar-refractivity contribution in [2.45, 2.75) is 18.9 Å². The van der Waals surface area contributed by atoms with E-state index in [0.29, 0.717) is 8.96 Å². The van der Waals surface area contributed by atoms with Crippen LogP contribution in [0.2, 0.25) is 0 Å². The summed E-state index contributed by atoms with van der Waals surface area (Å²) in [7, 11) is 1.63. The van der Waals surface area contributed by atoms with Crippen LogP contribution in [0.3, 0.4) is 0 Å². The van der Waals surface area contributed by atoms with E-state index in [4.69, 9.17) is 4.74 Å². The molecule has 1 aliphatic carbocycles. The van der Waals surface area contributed by atoms with Crippen LogP contribution in [0.5, 0.6) is 0 Å². The average Bonchev–Trinajstić information content (AvgIpc) is 2.13. The predicted octanol–water partition coefficient (Wildman–Crippen LogP) is 2.92. The Hall–Kier alpha value is 0.0700. The van der Waals surface area contributed by atoms with Crippen LogP contribution in [0.4, 0.5) is 0 Å². The fraction of sp³-hybridized carbons (Fsp3) is 0.444. The van der Waals surface area contributed by atoms with Gasteiger partial charge in [-0.25, -0.2) is 0 Å². The summed E-state index contributed by atoms with van der Waals surface area (Å²) in [6.45, 7) is 2.01. The molecule has 1 aliphatic rings. The van der Waals surface area contributed by atoms with Gasteiger partial charge >= 0.3 is 0 Å². The molecule has 0 saturated heterocycles. The Balaban J connectivity index is 3.10. The lowest BCUT2D eigenvalue weighted by atomic mass is 9.94. The van der Waals surface area contributed by atoms with Gasteiger partial charge in [-0.15, -0.1) is 0 Å². The number of carbonyl (C=O) groups excluding carboxylic acids is 1. The SMILES string of the molecule is CCC1(OC)C=C(Br)C(=O)C(Br)=C1. The topological polar surface area (TPSA) is 26.3 Å². The van der Waals surface area contributed by atoms with E-state index in [0.717, 1.165) is 6.42 Å². The zero-order valence-electron chi connectivity index (χ0n) is 7.43. The molecule has 0 saturated carbocycles. The summed E-state index contributed by atoms with van der Waals surface area (Å²) in [5.74, 6) is -0.0406. The molecular formula is C9H10Br2O2. The van der Waals surface area contributed by atoms with E-state index in [9.17, 15) is 4.79 Å². The van der Waals surface area contributed by atoms with Gasteiger partial charge in [-0.2, -0.15) is 0 Å². The Morgan fingerprint density at radius 2 is 1.85 bits per heavy atom. The molecule has 0 unspecified atom stereocenters. The van der Waals surface area contributed by atoms with Crippen LogP contribution in [0, 0.1) is 0 Å². The first-order chi connectivity index (χ1) is 6.04. The molecule has 1 rings (SSSR count). The quantitative estimate of drug-likeness (QED) is 0.784. The Labute approximate surface area is 94.3 Å². The molecular weight excluding hydrogens is 300 g/mol. The third-order valence-corrected chi connectivity index (χ3v) is 3.29. The van der Waals surface area contributed by atoms with Crippen molar-refractivity contribution in [3.05, 3.63) is 21.1 Å². The molecule has 0 bridgehead atoms. The molecule has 13 heavy (non-hydrogen) atoms. The summed E-state index contributed by atoms with van der Waals surface area (Å²) < 4.78 is 6.45. The van der Waals surface area contributed by atoms with Crippen molar-refractivity contribution in [1.82, 2.24) is 0 Å². The number of ether oxygens (including phenoxy) is 1. The monoisotopic (exact) mass is 308 g/mol. The highest BCUT2D eigenvalue weighted by atomic mass is 79.9. The minimum absolute atomic E-state index is 0.0406. The Bertz CT molecular complexity index is 264. The van der Waals surface area contributed by atoms with Gasteiger partial charge in [-0.3, -0.25) is 4.79 Å². The number of hydrogen-bond acceptors (Lipinski definition) is 2. The molecule has 2 nitrogen and oxygen atoms in total. The van der Waals surface area contributed by atoms with E-state index in [1.165, 1.54) is 0 Å². The largest absolute Gasteiger partial charge is 0.370 e. The summed E-state index contributed by atoms with van der Waals surface area (Å²) in [6, 6.07) is 0. The molecule has 0 N–H and O–H groups in total. The van der Waals surface area contributed by atoms with Crippen molar-refractivity contribution >= 4 is 37.6 Å². The molecule has 0 radical (unpaired) electrons. The highest BCUT2D eigenvalue weighted by molar-refractivity contribution is 9.13. The average molecular weight is 310 g/mol.